The van der Waals surface area contributed by atoms with Crippen LogP contribution in [0.2, 0.25) is 0 Å². The van der Waals surface area contributed by atoms with E-state index in [1.54, 1.807) is 0 Å². The molecule has 1 amide bonds. The maximum Gasteiger partial charge on any atom is 0.217 e. The average molecular weight is 214 g/mol. The lowest BCUT2D eigenvalue weighted by Crippen LogP contribution is -2.27. The van der Waals surface area contributed by atoms with Crippen molar-refractivity contribution in [3.05, 3.63) is 0 Å². The lowest BCUT2D eigenvalue weighted by molar-refractivity contribution is -0.118. The molecular weight excluding hydrogens is 188 g/mol. The van der Waals surface area contributed by atoms with Gasteiger partial charge in [-0.25, -0.2) is 0 Å². The predicted octanol–water partition coefficient (Wildman–Crippen LogP) is 2.15. The number of carbonyl (C=O) groups excluding carboxylic acids is 1. The van der Waals surface area contributed by atoms with Crippen LogP contribution in [0.1, 0.15) is 52.4 Å². The molecule has 0 radical (unpaired) electrons. The van der Waals surface area contributed by atoms with Gasteiger partial charge >= 0.3 is 0 Å². The Morgan fingerprint density at radius 3 is 2.20 bits per heavy atom. The first-order valence-electron chi connectivity index (χ1n) is 6.21. The van der Waals surface area contributed by atoms with Crippen LogP contribution in [0, 0.1) is 0 Å². The molecule has 0 aromatic heterocycles. The highest BCUT2D eigenvalue weighted by molar-refractivity contribution is 5.73. The first-order chi connectivity index (χ1) is 7.20. The molecule has 0 unspecified atom stereocenters. The Hall–Kier alpha value is -0.570. The molecule has 15 heavy (non-hydrogen) atoms. The lowest BCUT2D eigenvalue weighted by atomic mass is 10.2. The standard InChI is InChI=1S/C12H26N2O/c1-3-5-6-10-14(9-4-2)11-7-8-12(13)15/h3-11H2,1-2H3,(H2,13,15). The number of amides is 1. The lowest BCUT2D eigenvalue weighted by Gasteiger charge is -2.21. The minimum Gasteiger partial charge on any atom is -0.370 e. The van der Waals surface area contributed by atoms with Crippen LogP contribution < -0.4 is 5.73 Å². The fourth-order valence-corrected chi connectivity index (χ4v) is 1.71. The Balaban J connectivity index is 3.57. The van der Waals surface area contributed by atoms with E-state index < -0.39 is 0 Å². The second-order valence-corrected chi connectivity index (χ2v) is 4.12. The molecule has 0 spiro atoms. The van der Waals surface area contributed by atoms with Crippen LogP contribution in [0.25, 0.3) is 0 Å². The summed E-state index contributed by atoms with van der Waals surface area (Å²) < 4.78 is 0. The van der Waals surface area contributed by atoms with Crippen LogP contribution in [0.4, 0.5) is 0 Å². The van der Waals surface area contributed by atoms with E-state index in [0.29, 0.717) is 6.42 Å². The van der Waals surface area contributed by atoms with E-state index in [0.717, 1.165) is 19.5 Å². The van der Waals surface area contributed by atoms with Crippen LogP contribution >= 0.6 is 0 Å². The fourth-order valence-electron chi connectivity index (χ4n) is 1.71. The minimum atomic E-state index is -0.181. The molecule has 3 heteroatoms. The average Bonchev–Trinajstić information content (AvgIpc) is 2.17. The maximum atomic E-state index is 10.6. The van der Waals surface area contributed by atoms with Gasteiger partial charge in [-0.1, -0.05) is 26.7 Å². The fraction of sp³-hybridized carbons (Fsp3) is 0.917. The third-order valence-corrected chi connectivity index (χ3v) is 2.52. The Labute approximate surface area is 94.0 Å². The summed E-state index contributed by atoms with van der Waals surface area (Å²) in [6.07, 6.45) is 6.45. The van der Waals surface area contributed by atoms with Gasteiger partial charge in [-0.3, -0.25) is 4.79 Å². The molecule has 0 rings (SSSR count). The Morgan fingerprint density at radius 2 is 1.67 bits per heavy atom. The molecule has 0 saturated heterocycles. The van der Waals surface area contributed by atoms with Crippen molar-refractivity contribution in [3.63, 3.8) is 0 Å². The quantitative estimate of drug-likeness (QED) is 0.566. The highest BCUT2D eigenvalue weighted by Gasteiger charge is 2.03. The van der Waals surface area contributed by atoms with E-state index in [4.69, 9.17) is 5.73 Å². The van der Waals surface area contributed by atoms with Gasteiger partial charge < -0.3 is 10.6 Å². The normalized spacial score (nSPS) is 10.9. The molecule has 2 N–H and O–H groups in total. The van der Waals surface area contributed by atoms with E-state index in [2.05, 4.69) is 18.7 Å². The SMILES string of the molecule is CCCCCN(CCC)CCCC(N)=O. The van der Waals surface area contributed by atoms with Crippen LogP contribution in [-0.2, 0) is 4.79 Å². The second kappa shape index (κ2) is 9.97. The largest absolute Gasteiger partial charge is 0.370 e. The number of rotatable bonds is 10. The summed E-state index contributed by atoms with van der Waals surface area (Å²) in [7, 11) is 0. The van der Waals surface area contributed by atoms with Crippen molar-refractivity contribution in [2.45, 2.75) is 52.4 Å². The number of primary amides is 1. The molecule has 90 valence electrons. The second-order valence-electron chi connectivity index (χ2n) is 4.12. The van der Waals surface area contributed by atoms with Crippen LogP contribution in [0.5, 0.6) is 0 Å². The molecule has 0 aliphatic rings. The van der Waals surface area contributed by atoms with E-state index in [-0.39, 0.29) is 5.91 Å². The van der Waals surface area contributed by atoms with Crippen molar-refractivity contribution < 1.29 is 4.79 Å². The van der Waals surface area contributed by atoms with Gasteiger partial charge in [-0.2, -0.15) is 0 Å². The number of hydrogen-bond donors (Lipinski definition) is 1. The molecule has 0 heterocycles. The minimum absolute atomic E-state index is 0.181. The monoisotopic (exact) mass is 214 g/mol. The van der Waals surface area contributed by atoms with Crippen LogP contribution in [0.15, 0.2) is 0 Å². The van der Waals surface area contributed by atoms with Gasteiger partial charge in [-0.05, 0) is 38.9 Å². The molecular formula is C12H26N2O. The van der Waals surface area contributed by atoms with Crippen molar-refractivity contribution in [2.75, 3.05) is 19.6 Å². The van der Waals surface area contributed by atoms with Gasteiger partial charge in [0.1, 0.15) is 0 Å². The van der Waals surface area contributed by atoms with Gasteiger partial charge in [0.15, 0.2) is 0 Å². The molecule has 0 aromatic rings. The zero-order chi connectivity index (χ0) is 11.5. The van der Waals surface area contributed by atoms with Crippen LogP contribution in [0.3, 0.4) is 0 Å². The topological polar surface area (TPSA) is 46.3 Å². The molecule has 0 aliphatic carbocycles. The zero-order valence-electron chi connectivity index (χ0n) is 10.3. The van der Waals surface area contributed by atoms with Gasteiger partial charge in [0.25, 0.3) is 0 Å². The van der Waals surface area contributed by atoms with E-state index in [1.807, 2.05) is 0 Å². The Kier molecular flexibility index (Phi) is 9.59. The zero-order valence-corrected chi connectivity index (χ0v) is 10.3. The number of nitrogens with two attached hydrogens (primary N) is 1. The van der Waals surface area contributed by atoms with Crippen molar-refractivity contribution in [1.29, 1.82) is 0 Å². The van der Waals surface area contributed by atoms with E-state index in [1.165, 1.54) is 32.2 Å². The molecule has 0 atom stereocenters. The molecule has 0 bridgehead atoms. The molecule has 3 nitrogen and oxygen atoms in total. The Bertz CT molecular complexity index is 160. The number of carbonyl (C=O) groups is 1. The van der Waals surface area contributed by atoms with Crippen LogP contribution in [-0.4, -0.2) is 30.4 Å². The molecule has 0 aromatic carbocycles. The summed E-state index contributed by atoms with van der Waals surface area (Å²) in [5.41, 5.74) is 5.12. The number of unbranched alkanes of at least 4 members (excludes halogenated alkanes) is 2. The van der Waals surface area contributed by atoms with E-state index >= 15 is 0 Å². The van der Waals surface area contributed by atoms with Crippen molar-refractivity contribution in [2.24, 2.45) is 5.73 Å². The summed E-state index contributed by atoms with van der Waals surface area (Å²) >= 11 is 0. The summed E-state index contributed by atoms with van der Waals surface area (Å²) in [4.78, 5) is 13.0. The van der Waals surface area contributed by atoms with Crippen molar-refractivity contribution in [1.82, 2.24) is 4.90 Å². The van der Waals surface area contributed by atoms with Gasteiger partial charge in [0, 0.05) is 6.42 Å². The maximum absolute atomic E-state index is 10.6. The Morgan fingerprint density at radius 1 is 1.00 bits per heavy atom. The molecule has 0 fully saturated rings. The van der Waals surface area contributed by atoms with Gasteiger partial charge in [0.2, 0.25) is 5.91 Å². The number of hydrogen-bond acceptors (Lipinski definition) is 2. The van der Waals surface area contributed by atoms with Crippen molar-refractivity contribution in [3.8, 4) is 0 Å². The molecule has 0 saturated carbocycles. The summed E-state index contributed by atoms with van der Waals surface area (Å²) in [6, 6.07) is 0. The van der Waals surface area contributed by atoms with E-state index in [9.17, 15) is 4.79 Å². The van der Waals surface area contributed by atoms with Crippen molar-refractivity contribution >= 4 is 5.91 Å². The third kappa shape index (κ3) is 9.73. The summed E-state index contributed by atoms with van der Waals surface area (Å²) in [5.74, 6) is -0.181. The van der Waals surface area contributed by atoms with Gasteiger partial charge in [-0.15, -0.1) is 0 Å². The van der Waals surface area contributed by atoms with Gasteiger partial charge in [0.05, 0.1) is 0 Å². The first kappa shape index (κ1) is 14.4. The number of nitrogens with zero attached hydrogens (tertiary/aromatic N) is 1. The third-order valence-electron chi connectivity index (χ3n) is 2.52. The summed E-state index contributed by atoms with van der Waals surface area (Å²) in [6.45, 7) is 7.74. The highest BCUT2D eigenvalue weighted by Crippen LogP contribution is 2.01. The first-order valence-corrected chi connectivity index (χ1v) is 6.21. The summed E-state index contributed by atoms with van der Waals surface area (Å²) in [5, 5.41) is 0. The predicted molar refractivity (Wildman–Crippen MR) is 64.7 cm³/mol. The smallest absolute Gasteiger partial charge is 0.217 e. The highest BCUT2D eigenvalue weighted by atomic mass is 16.1. The molecule has 0 aliphatic heterocycles.